The normalized spacial score (nSPS) is 45.2. The molecule has 1 N–H and O–H groups in total. The molecule has 3 saturated heterocycles. The number of hydrogen-bond acceptors (Lipinski definition) is 9. The summed E-state index contributed by atoms with van der Waals surface area (Å²) in [6.07, 6.45) is 3.84. The maximum Gasteiger partial charge on any atom is 0.312 e. The van der Waals surface area contributed by atoms with Crippen LogP contribution in [0, 0.1) is 46.8 Å². The molecule has 0 amide bonds. The monoisotopic (exact) mass is 512 g/mol. The second kappa shape index (κ2) is 8.41. The molecule has 8 unspecified atom stereocenters. The Morgan fingerprint density at radius 1 is 1.03 bits per heavy atom. The van der Waals surface area contributed by atoms with Crippen LogP contribution < -0.4 is 0 Å². The highest BCUT2D eigenvalue weighted by molar-refractivity contribution is 7.85. The van der Waals surface area contributed by atoms with E-state index in [1.165, 1.54) is 0 Å². The molecule has 0 aromatic rings. The van der Waals surface area contributed by atoms with Gasteiger partial charge in [-0.3, -0.25) is 18.9 Å². The van der Waals surface area contributed by atoms with E-state index >= 15 is 0 Å². The van der Waals surface area contributed by atoms with Gasteiger partial charge in [-0.1, -0.05) is 0 Å². The van der Waals surface area contributed by atoms with Gasteiger partial charge in [0.2, 0.25) is 0 Å². The summed E-state index contributed by atoms with van der Waals surface area (Å²) in [4.78, 5) is 39.3. The highest BCUT2D eigenvalue weighted by atomic mass is 32.2. The minimum Gasteiger partial charge on any atom is -0.465 e. The van der Waals surface area contributed by atoms with Crippen molar-refractivity contribution in [2.24, 2.45) is 46.8 Å². The molecule has 7 aliphatic rings. The van der Waals surface area contributed by atoms with Crippen molar-refractivity contribution in [3.05, 3.63) is 0 Å². The first-order valence-corrected chi connectivity index (χ1v) is 14.4. The lowest BCUT2D eigenvalue weighted by molar-refractivity contribution is -0.187. The fourth-order valence-corrected chi connectivity index (χ4v) is 8.90. The molecule has 4 aliphatic carbocycles. The topological polar surface area (TPSA) is 142 Å². The zero-order chi connectivity index (χ0) is 24.5. The Morgan fingerprint density at radius 3 is 2.40 bits per heavy atom. The van der Waals surface area contributed by atoms with Crippen LogP contribution in [0.1, 0.15) is 44.9 Å². The van der Waals surface area contributed by atoms with Gasteiger partial charge in [0, 0.05) is 25.0 Å². The lowest BCUT2D eigenvalue weighted by Crippen LogP contribution is -2.52. The minimum absolute atomic E-state index is 0.0444. The van der Waals surface area contributed by atoms with Gasteiger partial charge in [-0.05, 0) is 62.7 Å². The zero-order valence-electron chi connectivity index (χ0n) is 19.5. The molecule has 0 spiro atoms. The first-order valence-electron chi connectivity index (χ1n) is 12.7. The molecule has 3 aliphatic heterocycles. The van der Waals surface area contributed by atoms with E-state index in [4.69, 9.17) is 23.5 Å². The average Bonchev–Trinajstić information content (AvgIpc) is 3.38. The number of hydrogen-bond donors (Lipinski definition) is 1. The summed E-state index contributed by atoms with van der Waals surface area (Å²) in [5.74, 6) is -2.53. The molecule has 11 heteroatoms. The van der Waals surface area contributed by atoms with Gasteiger partial charge in [-0.2, -0.15) is 8.42 Å². The van der Waals surface area contributed by atoms with Crippen molar-refractivity contribution in [3.8, 4) is 0 Å². The van der Waals surface area contributed by atoms with Crippen molar-refractivity contribution in [2.75, 3.05) is 25.6 Å². The van der Waals surface area contributed by atoms with E-state index in [0.29, 0.717) is 37.4 Å². The number of carbonyl (C=O) groups is 3. The predicted molar refractivity (Wildman–Crippen MR) is 117 cm³/mol. The zero-order valence-corrected chi connectivity index (χ0v) is 20.3. The first-order chi connectivity index (χ1) is 16.6. The van der Waals surface area contributed by atoms with Gasteiger partial charge in [0.05, 0.1) is 29.6 Å². The van der Waals surface area contributed by atoms with Crippen LogP contribution in [0.25, 0.3) is 0 Å². The molecular formula is C24H32O10S. The van der Waals surface area contributed by atoms with Gasteiger partial charge >= 0.3 is 17.9 Å². The molecule has 8 atom stereocenters. The van der Waals surface area contributed by atoms with Crippen molar-refractivity contribution in [2.45, 2.75) is 57.2 Å². The third-order valence-corrected chi connectivity index (χ3v) is 10.2. The van der Waals surface area contributed by atoms with E-state index in [0.717, 1.165) is 32.1 Å². The van der Waals surface area contributed by atoms with E-state index in [1.807, 2.05) is 0 Å². The Hall–Kier alpha value is -1.72. The van der Waals surface area contributed by atoms with Crippen molar-refractivity contribution in [1.29, 1.82) is 0 Å². The number of rotatable bonds is 7. The van der Waals surface area contributed by atoms with E-state index in [1.54, 1.807) is 0 Å². The molecule has 0 radical (unpaired) electrons. The Kier molecular flexibility index (Phi) is 5.69. The largest absolute Gasteiger partial charge is 0.465 e. The van der Waals surface area contributed by atoms with Crippen LogP contribution in [0.4, 0.5) is 0 Å². The maximum atomic E-state index is 13.7. The van der Waals surface area contributed by atoms with Crippen molar-refractivity contribution in [1.82, 2.24) is 0 Å². The number of esters is 3. The van der Waals surface area contributed by atoms with Crippen LogP contribution in [-0.4, -0.2) is 68.7 Å². The lowest BCUT2D eigenvalue weighted by Gasteiger charge is -2.51. The van der Waals surface area contributed by atoms with Crippen molar-refractivity contribution < 1.29 is 46.3 Å². The Bertz CT molecular complexity index is 1010. The Labute approximate surface area is 204 Å². The summed E-state index contributed by atoms with van der Waals surface area (Å²) in [6, 6.07) is 0. The second-order valence-electron chi connectivity index (χ2n) is 11.7. The standard InChI is InChI=1S/C24H32O10S/c25-21(32-2-1-3-35(28,29)30)17-15-6-16-18(17)22(26)33-19(16)20(15)34-23(27)24-7-12-4-13(8-24)10-31-11-14(5-12)9-24/h12-20H,1-11H2,(H,28,29,30). The van der Waals surface area contributed by atoms with Crippen LogP contribution in [0.2, 0.25) is 0 Å². The smallest absolute Gasteiger partial charge is 0.312 e. The van der Waals surface area contributed by atoms with E-state index < -0.39 is 57.3 Å². The highest BCUT2D eigenvalue weighted by Gasteiger charge is 2.70. The van der Waals surface area contributed by atoms with Crippen LogP contribution in [0.15, 0.2) is 0 Å². The molecule has 7 fully saturated rings. The van der Waals surface area contributed by atoms with Crippen LogP contribution in [0.3, 0.4) is 0 Å². The van der Waals surface area contributed by atoms with Crippen LogP contribution in [-0.2, 0) is 43.4 Å². The Balaban J connectivity index is 1.16. The van der Waals surface area contributed by atoms with Gasteiger partial charge in [0.25, 0.3) is 10.1 Å². The molecule has 7 rings (SSSR count). The van der Waals surface area contributed by atoms with E-state index in [2.05, 4.69) is 0 Å². The van der Waals surface area contributed by atoms with E-state index in [-0.39, 0.29) is 30.8 Å². The maximum absolute atomic E-state index is 13.7. The summed E-state index contributed by atoms with van der Waals surface area (Å²) in [7, 11) is -4.14. The average molecular weight is 513 g/mol. The minimum atomic E-state index is -4.14. The number of carbonyl (C=O) groups excluding carboxylic acids is 3. The SMILES string of the molecule is O=C1OC2C3CC(C2OC(=O)C24CC5COCC(CC(C5)C2)C4)C(C(=O)OCCCS(=O)(=O)O)C13. The molecular weight excluding hydrogens is 480 g/mol. The summed E-state index contributed by atoms with van der Waals surface area (Å²) in [5.41, 5.74) is -0.532. The summed E-state index contributed by atoms with van der Waals surface area (Å²) >= 11 is 0. The van der Waals surface area contributed by atoms with Gasteiger partial charge in [0.15, 0.2) is 0 Å². The molecule has 0 aromatic carbocycles. The fourth-order valence-electron chi connectivity index (χ4n) is 8.41. The van der Waals surface area contributed by atoms with Crippen molar-refractivity contribution in [3.63, 3.8) is 0 Å². The van der Waals surface area contributed by atoms with Gasteiger partial charge in [0.1, 0.15) is 12.2 Å². The first kappa shape index (κ1) is 23.7. The molecule has 35 heavy (non-hydrogen) atoms. The highest BCUT2D eigenvalue weighted by Crippen LogP contribution is 2.60. The quantitative estimate of drug-likeness (QED) is 0.230. The predicted octanol–water partition coefficient (Wildman–Crippen LogP) is 1.37. The van der Waals surface area contributed by atoms with Crippen LogP contribution in [0.5, 0.6) is 0 Å². The summed E-state index contributed by atoms with van der Waals surface area (Å²) in [5, 5.41) is 0. The van der Waals surface area contributed by atoms with E-state index in [9.17, 15) is 22.8 Å². The Morgan fingerprint density at radius 2 is 1.71 bits per heavy atom. The third kappa shape index (κ3) is 4.07. The molecule has 4 saturated carbocycles. The fraction of sp³-hybridized carbons (Fsp3) is 0.875. The molecule has 10 nitrogen and oxygen atoms in total. The molecule has 6 bridgehead atoms. The number of ether oxygens (including phenoxy) is 4. The number of fused-ring (bicyclic) bond motifs is 3. The summed E-state index contributed by atoms with van der Waals surface area (Å²) < 4.78 is 53.6. The summed E-state index contributed by atoms with van der Waals surface area (Å²) in [6.45, 7) is 1.19. The molecule has 0 aromatic heterocycles. The lowest BCUT2D eigenvalue weighted by atomic mass is 9.56. The van der Waals surface area contributed by atoms with Crippen molar-refractivity contribution >= 4 is 28.0 Å². The molecule has 194 valence electrons. The third-order valence-electron chi connectivity index (χ3n) is 9.36. The van der Waals surface area contributed by atoms with Gasteiger partial charge < -0.3 is 18.9 Å². The molecule has 3 heterocycles. The van der Waals surface area contributed by atoms with Gasteiger partial charge in [-0.15, -0.1) is 0 Å². The second-order valence-corrected chi connectivity index (χ2v) is 13.3. The van der Waals surface area contributed by atoms with Crippen LogP contribution >= 0.6 is 0 Å². The van der Waals surface area contributed by atoms with Gasteiger partial charge in [-0.25, -0.2) is 0 Å².